The van der Waals surface area contributed by atoms with Crippen molar-refractivity contribution in [2.75, 3.05) is 39.9 Å². The number of ether oxygens (including phenoxy) is 2. The quantitative estimate of drug-likeness (QED) is 0.175. The fourth-order valence-electron chi connectivity index (χ4n) is 4.73. The Hall–Kier alpha value is -3.75. The van der Waals surface area contributed by atoms with Crippen molar-refractivity contribution in [3.63, 3.8) is 0 Å². The average molecular weight is 579 g/mol. The first kappa shape index (κ1) is 32.8. The molecule has 10 heteroatoms. The minimum absolute atomic E-state index is 0.192. The number of carboxylic acids is 2. The summed E-state index contributed by atoms with van der Waals surface area (Å²) in [5, 5.41) is 14.8. The molecule has 1 aromatic heterocycles. The van der Waals surface area contributed by atoms with Gasteiger partial charge in [0.1, 0.15) is 11.9 Å². The van der Waals surface area contributed by atoms with E-state index in [0.717, 1.165) is 86.3 Å². The molecule has 1 unspecified atom stereocenters. The highest BCUT2D eigenvalue weighted by Crippen LogP contribution is 2.32. The first-order chi connectivity index (χ1) is 20.3. The van der Waals surface area contributed by atoms with Gasteiger partial charge in [-0.05, 0) is 76.0 Å². The number of imidazole rings is 1. The monoisotopic (exact) mass is 578 g/mol. The van der Waals surface area contributed by atoms with Gasteiger partial charge in [-0.25, -0.2) is 14.6 Å². The Morgan fingerprint density at radius 3 is 2.52 bits per heavy atom. The maximum Gasteiger partial charge on any atom is 0.414 e. The van der Waals surface area contributed by atoms with Crippen molar-refractivity contribution in [1.29, 1.82) is 0 Å². The summed E-state index contributed by atoms with van der Waals surface area (Å²) in [5.74, 6) is 3.93. The van der Waals surface area contributed by atoms with Crippen LogP contribution in [0.4, 0.5) is 0 Å². The van der Waals surface area contributed by atoms with Crippen LogP contribution in [-0.4, -0.2) is 82.6 Å². The normalized spacial score (nSPS) is 14.5. The zero-order valence-electron chi connectivity index (χ0n) is 24.5. The zero-order chi connectivity index (χ0) is 30.3. The van der Waals surface area contributed by atoms with E-state index in [1.807, 2.05) is 13.0 Å². The van der Waals surface area contributed by atoms with Gasteiger partial charge in [-0.2, -0.15) is 0 Å². The molecule has 3 aromatic rings. The van der Waals surface area contributed by atoms with Gasteiger partial charge in [-0.1, -0.05) is 36.1 Å². The van der Waals surface area contributed by atoms with Crippen LogP contribution < -0.4 is 5.73 Å². The summed E-state index contributed by atoms with van der Waals surface area (Å²) in [6.07, 6.45) is 4.88. The number of unbranched alkanes of at least 4 members (excludes halogenated alkanes) is 2. The van der Waals surface area contributed by atoms with E-state index < -0.39 is 11.9 Å². The number of hydrogen-bond donors (Lipinski definition) is 3. The topological polar surface area (TPSA) is 140 Å². The predicted molar refractivity (Wildman–Crippen MR) is 161 cm³/mol. The Balaban J connectivity index is 0.000000730. The molecular formula is C32H42N4O6. The molecule has 1 aliphatic heterocycles. The van der Waals surface area contributed by atoms with Crippen LogP contribution in [0.2, 0.25) is 0 Å². The van der Waals surface area contributed by atoms with Gasteiger partial charge in [0.2, 0.25) is 0 Å². The van der Waals surface area contributed by atoms with Crippen LogP contribution in [-0.2, 0) is 25.6 Å². The summed E-state index contributed by atoms with van der Waals surface area (Å²) in [7, 11) is 2.18. The number of benzene rings is 2. The molecule has 42 heavy (non-hydrogen) atoms. The third kappa shape index (κ3) is 9.96. The van der Waals surface area contributed by atoms with E-state index in [4.69, 9.17) is 40.0 Å². The molecule has 4 rings (SSSR count). The molecule has 0 radical (unpaired) electrons. The van der Waals surface area contributed by atoms with Crippen molar-refractivity contribution < 1.29 is 29.3 Å². The van der Waals surface area contributed by atoms with Crippen LogP contribution in [0.5, 0.6) is 0 Å². The number of aliphatic carboxylic acids is 2. The molecule has 4 N–H and O–H groups in total. The minimum Gasteiger partial charge on any atom is -0.473 e. The summed E-state index contributed by atoms with van der Waals surface area (Å²) in [6, 6.07) is 16.8. The second-order valence-corrected chi connectivity index (χ2v) is 10.1. The third-order valence-corrected chi connectivity index (χ3v) is 6.94. The van der Waals surface area contributed by atoms with E-state index in [0.29, 0.717) is 13.2 Å². The largest absolute Gasteiger partial charge is 0.473 e. The number of likely N-dealkylation sites (tertiary alicyclic amines) is 1. The number of fused-ring (bicyclic) bond motifs is 1. The number of para-hydroxylation sites is 2. The van der Waals surface area contributed by atoms with E-state index in [2.05, 4.69) is 70.8 Å². The molecule has 1 fully saturated rings. The minimum atomic E-state index is -1.82. The summed E-state index contributed by atoms with van der Waals surface area (Å²) in [4.78, 5) is 25.7. The summed E-state index contributed by atoms with van der Waals surface area (Å²) in [5.41, 5.74) is 9.81. The third-order valence-electron chi connectivity index (χ3n) is 6.94. The fraction of sp³-hybridized carbons (Fsp3) is 0.469. The standard InChI is InChI=1S/C30H40N4O2.C2H2O4/c1-3-35-22-21-34-28-15-8-7-14-27(28)32-30(34)29(36-26-16-19-33(2)20-17-26)25-13-10-12-24(23-25)11-6-4-5-9-18-31;3-1(4)2(5)6/h7-8,10,12-15,23,26,29H,3-5,9,16-22,31H2,1-2H3;(H,3,4)(H,5,6). The number of carbonyl (C=O) groups is 2. The Bertz CT molecular complexity index is 1340. The van der Waals surface area contributed by atoms with Crippen LogP contribution >= 0.6 is 0 Å². The molecule has 0 saturated carbocycles. The highest BCUT2D eigenvalue weighted by Gasteiger charge is 2.28. The van der Waals surface area contributed by atoms with Crippen molar-refractivity contribution in [3.8, 4) is 11.8 Å². The number of aromatic nitrogens is 2. The van der Waals surface area contributed by atoms with Gasteiger partial charge < -0.3 is 34.9 Å². The van der Waals surface area contributed by atoms with Crippen LogP contribution in [0.3, 0.4) is 0 Å². The van der Waals surface area contributed by atoms with Gasteiger partial charge in [0.15, 0.2) is 0 Å². The fourth-order valence-corrected chi connectivity index (χ4v) is 4.73. The highest BCUT2D eigenvalue weighted by atomic mass is 16.5. The zero-order valence-corrected chi connectivity index (χ0v) is 24.5. The molecule has 0 aliphatic carbocycles. The Kier molecular flexibility index (Phi) is 13.5. The lowest BCUT2D eigenvalue weighted by molar-refractivity contribution is -0.159. The van der Waals surface area contributed by atoms with E-state index in [1.165, 1.54) is 0 Å². The molecule has 0 bridgehead atoms. The molecule has 226 valence electrons. The maximum absolute atomic E-state index is 9.10. The van der Waals surface area contributed by atoms with Gasteiger partial charge in [0.05, 0.1) is 23.7 Å². The first-order valence-electron chi connectivity index (χ1n) is 14.5. The summed E-state index contributed by atoms with van der Waals surface area (Å²) < 4.78 is 14.9. The van der Waals surface area contributed by atoms with Gasteiger partial charge in [-0.15, -0.1) is 0 Å². The maximum atomic E-state index is 9.10. The first-order valence-corrected chi connectivity index (χ1v) is 14.5. The molecule has 1 atom stereocenters. The van der Waals surface area contributed by atoms with Gasteiger partial charge in [0, 0.05) is 38.2 Å². The molecule has 10 nitrogen and oxygen atoms in total. The lowest BCUT2D eigenvalue weighted by atomic mass is 10.0. The molecule has 1 aliphatic rings. The predicted octanol–water partition coefficient (Wildman–Crippen LogP) is 3.91. The van der Waals surface area contributed by atoms with E-state index in [1.54, 1.807) is 0 Å². The Morgan fingerprint density at radius 1 is 1.10 bits per heavy atom. The van der Waals surface area contributed by atoms with Crippen molar-refractivity contribution in [1.82, 2.24) is 14.5 Å². The summed E-state index contributed by atoms with van der Waals surface area (Å²) >= 11 is 0. The number of carboxylic acid groups (broad SMARTS) is 2. The second-order valence-electron chi connectivity index (χ2n) is 10.1. The molecular weight excluding hydrogens is 536 g/mol. The smallest absolute Gasteiger partial charge is 0.414 e. The molecule has 2 aromatic carbocycles. The van der Waals surface area contributed by atoms with E-state index in [9.17, 15) is 0 Å². The SMILES string of the molecule is CCOCCn1c(C(OC2CCN(C)CC2)c2cccc(C#CCCCCN)c2)nc2ccccc21.O=C(O)C(=O)O. The van der Waals surface area contributed by atoms with Gasteiger partial charge in [0.25, 0.3) is 0 Å². The van der Waals surface area contributed by atoms with Crippen LogP contribution in [0.1, 0.15) is 62.1 Å². The van der Waals surface area contributed by atoms with E-state index >= 15 is 0 Å². The van der Waals surface area contributed by atoms with Crippen molar-refractivity contribution in [3.05, 3.63) is 65.5 Å². The molecule has 1 saturated heterocycles. The van der Waals surface area contributed by atoms with Crippen LogP contribution in [0.25, 0.3) is 11.0 Å². The highest BCUT2D eigenvalue weighted by molar-refractivity contribution is 6.27. The second kappa shape index (κ2) is 17.3. The number of nitrogens with zero attached hydrogens (tertiary/aromatic N) is 3. The number of rotatable bonds is 11. The molecule has 0 amide bonds. The van der Waals surface area contributed by atoms with Crippen molar-refractivity contribution >= 4 is 23.0 Å². The van der Waals surface area contributed by atoms with Crippen LogP contribution in [0, 0.1) is 11.8 Å². The Morgan fingerprint density at radius 2 is 1.83 bits per heavy atom. The molecule has 2 heterocycles. The number of hydrogen-bond acceptors (Lipinski definition) is 7. The lowest BCUT2D eigenvalue weighted by Crippen LogP contribution is -2.35. The molecule has 0 spiro atoms. The van der Waals surface area contributed by atoms with Gasteiger partial charge in [-0.3, -0.25) is 0 Å². The van der Waals surface area contributed by atoms with Crippen molar-refractivity contribution in [2.24, 2.45) is 5.73 Å². The number of nitrogens with two attached hydrogens (primary N) is 1. The van der Waals surface area contributed by atoms with Crippen LogP contribution in [0.15, 0.2) is 48.5 Å². The average Bonchev–Trinajstić information content (AvgIpc) is 3.35. The number of piperidine rings is 1. The summed E-state index contributed by atoms with van der Waals surface area (Å²) in [6.45, 7) is 6.91. The Labute approximate surface area is 247 Å². The van der Waals surface area contributed by atoms with Crippen molar-refractivity contribution in [2.45, 2.75) is 57.8 Å². The van der Waals surface area contributed by atoms with E-state index in [-0.39, 0.29) is 12.2 Å². The lowest BCUT2D eigenvalue weighted by Gasteiger charge is -2.32. The van der Waals surface area contributed by atoms with Gasteiger partial charge >= 0.3 is 11.9 Å².